The van der Waals surface area contributed by atoms with E-state index in [0.717, 1.165) is 0 Å². The van der Waals surface area contributed by atoms with Gasteiger partial charge in [-0.15, -0.1) is 11.6 Å². The van der Waals surface area contributed by atoms with E-state index in [1.165, 1.54) is 0 Å². The summed E-state index contributed by atoms with van der Waals surface area (Å²) in [6.45, 7) is 2.33. The Morgan fingerprint density at radius 1 is 1.46 bits per heavy atom. The van der Waals surface area contributed by atoms with Crippen molar-refractivity contribution < 1.29 is 13.2 Å². The number of alkyl halides is 1. The van der Waals surface area contributed by atoms with E-state index < -0.39 is 9.84 Å². The molecule has 5 heteroatoms. The van der Waals surface area contributed by atoms with Crippen LogP contribution in [-0.2, 0) is 14.6 Å². The molecular weight excluding hydrogens is 212 g/mol. The van der Waals surface area contributed by atoms with Gasteiger partial charge in [0.05, 0.1) is 11.5 Å². The number of sulfone groups is 1. The molecule has 0 rings (SSSR count). The first-order valence-corrected chi connectivity index (χ1v) is 6.62. The van der Waals surface area contributed by atoms with Crippen molar-refractivity contribution in [2.45, 2.75) is 13.3 Å². The molecule has 0 aliphatic heterocycles. The van der Waals surface area contributed by atoms with Crippen LogP contribution in [0.2, 0.25) is 0 Å². The van der Waals surface area contributed by atoms with Crippen molar-refractivity contribution in [2.24, 2.45) is 5.92 Å². The second-order valence-electron chi connectivity index (χ2n) is 3.22. The second kappa shape index (κ2) is 6.62. The van der Waals surface area contributed by atoms with Crippen molar-refractivity contribution in [2.75, 3.05) is 31.1 Å². The minimum Gasteiger partial charge on any atom is -0.385 e. The maximum absolute atomic E-state index is 11.4. The Balaban J connectivity index is 3.81. The van der Waals surface area contributed by atoms with Gasteiger partial charge in [-0.3, -0.25) is 0 Å². The molecule has 0 spiro atoms. The molecular formula is C8H17ClO3S. The summed E-state index contributed by atoms with van der Waals surface area (Å²) in [5.74, 6) is 0.806. The molecule has 0 aliphatic rings. The molecule has 1 unspecified atom stereocenters. The molecule has 1 atom stereocenters. The van der Waals surface area contributed by atoms with Gasteiger partial charge in [0.25, 0.3) is 0 Å². The minimum absolute atomic E-state index is 0.0363. The largest absolute Gasteiger partial charge is 0.385 e. The average molecular weight is 229 g/mol. The van der Waals surface area contributed by atoms with Gasteiger partial charge in [0, 0.05) is 19.6 Å². The highest BCUT2D eigenvalue weighted by molar-refractivity contribution is 7.91. The van der Waals surface area contributed by atoms with Crippen LogP contribution < -0.4 is 0 Å². The summed E-state index contributed by atoms with van der Waals surface area (Å²) in [6.07, 6.45) is 0.563. The van der Waals surface area contributed by atoms with Crippen LogP contribution in [0.5, 0.6) is 0 Å². The minimum atomic E-state index is -2.93. The van der Waals surface area contributed by atoms with Crippen molar-refractivity contribution in [1.29, 1.82) is 0 Å². The molecule has 0 N–H and O–H groups in total. The second-order valence-corrected chi connectivity index (χ2v) is 5.76. The molecule has 13 heavy (non-hydrogen) atoms. The summed E-state index contributed by atoms with van der Waals surface area (Å²) in [5.41, 5.74) is 0. The van der Waals surface area contributed by atoms with Crippen molar-refractivity contribution in [1.82, 2.24) is 0 Å². The zero-order chi connectivity index (χ0) is 10.3. The third-order valence-electron chi connectivity index (χ3n) is 1.61. The first-order valence-electron chi connectivity index (χ1n) is 4.27. The Kier molecular flexibility index (Phi) is 6.73. The standard InChI is InChI=1S/C8H17ClO3S/c1-8(6-9)7-13(10,11)5-3-4-12-2/h8H,3-7H2,1-2H3. The maximum Gasteiger partial charge on any atom is 0.150 e. The van der Waals surface area contributed by atoms with Gasteiger partial charge in [0.1, 0.15) is 0 Å². The number of hydrogen-bond donors (Lipinski definition) is 0. The summed E-state index contributed by atoms with van der Waals surface area (Å²) >= 11 is 5.53. The van der Waals surface area contributed by atoms with Gasteiger partial charge in [-0.1, -0.05) is 6.92 Å². The molecule has 3 nitrogen and oxygen atoms in total. The topological polar surface area (TPSA) is 43.4 Å². The highest BCUT2D eigenvalue weighted by atomic mass is 35.5. The number of methoxy groups -OCH3 is 1. The average Bonchev–Trinajstić information content (AvgIpc) is 2.03. The highest BCUT2D eigenvalue weighted by Crippen LogP contribution is 2.05. The fourth-order valence-corrected chi connectivity index (χ4v) is 2.93. The van der Waals surface area contributed by atoms with Crippen LogP contribution >= 0.6 is 11.6 Å². The quantitative estimate of drug-likeness (QED) is 0.488. The van der Waals surface area contributed by atoms with Crippen LogP contribution in [0.1, 0.15) is 13.3 Å². The van der Waals surface area contributed by atoms with Gasteiger partial charge in [-0.25, -0.2) is 8.42 Å². The van der Waals surface area contributed by atoms with Gasteiger partial charge >= 0.3 is 0 Å². The first-order chi connectivity index (χ1) is 6.02. The van der Waals surface area contributed by atoms with Gasteiger partial charge < -0.3 is 4.74 Å². The summed E-state index contributed by atoms with van der Waals surface area (Å²) in [5, 5.41) is 0. The molecule has 0 saturated carbocycles. The lowest BCUT2D eigenvalue weighted by Crippen LogP contribution is -2.18. The lowest BCUT2D eigenvalue weighted by Gasteiger charge is -2.07. The van der Waals surface area contributed by atoms with Gasteiger partial charge in [0.2, 0.25) is 0 Å². The SMILES string of the molecule is COCCCS(=O)(=O)CC(C)CCl. The molecule has 0 radical (unpaired) electrons. The molecule has 0 aliphatic carbocycles. The summed E-state index contributed by atoms with van der Waals surface area (Å²) in [7, 11) is -1.37. The fourth-order valence-electron chi connectivity index (χ4n) is 0.985. The van der Waals surface area contributed by atoms with Gasteiger partial charge in [-0.05, 0) is 12.3 Å². The number of hydrogen-bond acceptors (Lipinski definition) is 3. The monoisotopic (exact) mass is 228 g/mol. The normalized spacial score (nSPS) is 14.4. The van der Waals surface area contributed by atoms with Crippen LogP contribution in [0.4, 0.5) is 0 Å². The third-order valence-corrected chi connectivity index (χ3v) is 4.12. The Morgan fingerprint density at radius 3 is 2.54 bits per heavy atom. The Bertz CT molecular complexity index is 213. The molecule has 0 saturated heterocycles. The molecule has 0 bridgehead atoms. The van der Waals surface area contributed by atoms with Crippen molar-refractivity contribution >= 4 is 21.4 Å². The molecule has 0 aromatic heterocycles. The number of rotatable bonds is 7. The van der Waals surface area contributed by atoms with Crippen molar-refractivity contribution in [3.8, 4) is 0 Å². The van der Waals surface area contributed by atoms with E-state index in [0.29, 0.717) is 18.9 Å². The first kappa shape index (κ1) is 13.2. The Morgan fingerprint density at radius 2 is 2.08 bits per heavy atom. The zero-order valence-electron chi connectivity index (χ0n) is 8.12. The van der Waals surface area contributed by atoms with E-state index in [9.17, 15) is 8.42 Å². The number of ether oxygens (including phenoxy) is 1. The van der Waals surface area contributed by atoms with Crippen molar-refractivity contribution in [3.05, 3.63) is 0 Å². The lowest BCUT2D eigenvalue weighted by atomic mass is 10.3. The van der Waals surface area contributed by atoms with E-state index in [1.807, 2.05) is 6.92 Å². The number of halogens is 1. The van der Waals surface area contributed by atoms with Crippen LogP contribution in [0.3, 0.4) is 0 Å². The predicted octanol–water partition coefficient (Wildman–Crippen LogP) is 1.31. The predicted molar refractivity (Wildman–Crippen MR) is 55.0 cm³/mol. The summed E-state index contributed by atoms with van der Waals surface area (Å²) in [6, 6.07) is 0. The van der Waals surface area contributed by atoms with Crippen molar-refractivity contribution in [3.63, 3.8) is 0 Å². The molecule has 80 valence electrons. The Hall–Kier alpha value is 0.200. The molecule has 0 heterocycles. The van der Waals surface area contributed by atoms with E-state index in [-0.39, 0.29) is 17.4 Å². The summed E-state index contributed by atoms with van der Waals surface area (Å²) < 4.78 is 27.5. The molecule has 0 aromatic rings. The summed E-state index contributed by atoms with van der Waals surface area (Å²) in [4.78, 5) is 0. The molecule has 0 aromatic carbocycles. The van der Waals surface area contributed by atoms with Crippen LogP contribution in [0.15, 0.2) is 0 Å². The van der Waals surface area contributed by atoms with E-state index in [2.05, 4.69) is 0 Å². The smallest absolute Gasteiger partial charge is 0.150 e. The molecule has 0 fully saturated rings. The van der Waals surface area contributed by atoms with Gasteiger partial charge in [0.15, 0.2) is 9.84 Å². The van der Waals surface area contributed by atoms with E-state index >= 15 is 0 Å². The van der Waals surface area contributed by atoms with Gasteiger partial charge in [-0.2, -0.15) is 0 Å². The van der Waals surface area contributed by atoms with Crippen LogP contribution in [0, 0.1) is 5.92 Å². The maximum atomic E-state index is 11.4. The van der Waals surface area contributed by atoms with Crippen LogP contribution in [-0.4, -0.2) is 39.5 Å². The third kappa shape index (κ3) is 7.28. The van der Waals surface area contributed by atoms with Crippen LogP contribution in [0.25, 0.3) is 0 Å². The zero-order valence-corrected chi connectivity index (χ0v) is 9.70. The Labute approximate surface area is 85.3 Å². The fraction of sp³-hybridized carbons (Fsp3) is 1.00. The van der Waals surface area contributed by atoms with E-state index in [1.54, 1.807) is 7.11 Å². The molecule has 0 amide bonds. The lowest BCUT2D eigenvalue weighted by molar-refractivity contribution is 0.199. The highest BCUT2D eigenvalue weighted by Gasteiger charge is 2.14. The van der Waals surface area contributed by atoms with E-state index in [4.69, 9.17) is 16.3 Å².